The van der Waals surface area contributed by atoms with Crippen LogP contribution in [0.15, 0.2) is 29.0 Å². The topological polar surface area (TPSA) is 92.7 Å². The fourth-order valence-electron chi connectivity index (χ4n) is 3.84. The summed E-state index contributed by atoms with van der Waals surface area (Å²) in [6.45, 7) is 6.72. The van der Waals surface area contributed by atoms with Crippen LogP contribution in [-0.2, 0) is 11.3 Å². The minimum absolute atomic E-state index is 0.0579. The molecule has 0 spiro atoms. The van der Waals surface area contributed by atoms with Crippen LogP contribution in [0.3, 0.4) is 0 Å². The smallest absolute Gasteiger partial charge is 0.255 e. The summed E-state index contributed by atoms with van der Waals surface area (Å²) in [4.78, 5) is 31.7. The quantitative estimate of drug-likeness (QED) is 0.733. The van der Waals surface area contributed by atoms with E-state index in [9.17, 15) is 9.59 Å². The molecular weight excluding hydrogens is 370 g/mol. The molecule has 1 unspecified atom stereocenters. The lowest BCUT2D eigenvalue weighted by Crippen LogP contribution is -2.36. The van der Waals surface area contributed by atoms with E-state index in [1.54, 1.807) is 6.07 Å². The lowest BCUT2D eigenvalue weighted by molar-refractivity contribution is -0.131. The van der Waals surface area contributed by atoms with E-state index in [2.05, 4.69) is 15.5 Å². The third kappa shape index (κ3) is 3.87. The molecule has 0 saturated carbocycles. The molecule has 4 rings (SSSR count). The van der Waals surface area contributed by atoms with Crippen molar-refractivity contribution >= 4 is 17.5 Å². The van der Waals surface area contributed by atoms with Crippen LogP contribution in [-0.4, -0.2) is 43.8 Å². The molecule has 152 valence electrons. The zero-order valence-electron chi connectivity index (χ0n) is 16.9. The molecule has 8 nitrogen and oxygen atoms in total. The highest BCUT2D eigenvalue weighted by molar-refractivity contribution is 6.00. The van der Waals surface area contributed by atoms with Gasteiger partial charge >= 0.3 is 0 Å². The summed E-state index contributed by atoms with van der Waals surface area (Å²) in [5.41, 5.74) is 3.82. The average molecular weight is 395 g/mol. The van der Waals surface area contributed by atoms with Gasteiger partial charge in [0, 0.05) is 37.0 Å². The number of carbonyl (C=O) groups excluding carboxylic acids is 2. The molecule has 0 aliphatic carbocycles. The summed E-state index contributed by atoms with van der Waals surface area (Å²) in [6, 6.07) is 3.56. The lowest BCUT2D eigenvalue weighted by atomic mass is 10.1. The maximum absolute atomic E-state index is 12.9. The van der Waals surface area contributed by atoms with Gasteiger partial charge < -0.3 is 19.1 Å². The molecule has 0 aromatic carbocycles. The number of imidazole rings is 1. The molecule has 4 heterocycles. The molecule has 0 radical (unpaired) electrons. The fraction of sp³-hybridized carbons (Fsp3) is 0.429. The predicted molar refractivity (Wildman–Crippen MR) is 106 cm³/mol. The third-order valence-electron chi connectivity index (χ3n) is 5.52. The van der Waals surface area contributed by atoms with Crippen LogP contribution < -0.4 is 5.32 Å². The normalized spacial score (nSPS) is 17.6. The Kier molecular flexibility index (Phi) is 5.08. The number of nitrogens with zero attached hydrogens (tertiary/aromatic N) is 4. The van der Waals surface area contributed by atoms with E-state index in [0.717, 1.165) is 22.7 Å². The first-order chi connectivity index (χ1) is 13.9. The van der Waals surface area contributed by atoms with Gasteiger partial charge in [-0.2, -0.15) is 0 Å². The average Bonchev–Trinajstić information content (AvgIpc) is 3.17. The number of nitrogens with one attached hydrogen (secondary N) is 1. The highest BCUT2D eigenvalue weighted by Gasteiger charge is 2.26. The first-order valence-corrected chi connectivity index (χ1v) is 9.87. The molecule has 1 aliphatic rings. The van der Waals surface area contributed by atoms with E-state index in [1.807, 2.05) is 48.5 Å². The fourth-order valence-corrected chi connectivity index (χ4v) is 3.84. The zero-order chi connectivity index (χ0) is 20.5. The Hall–Kier alpha value is -3.16. The molecule has 8 heteroatoms. The van der Waals surface area contributed by atoms with E-state index >= 15 is 0 Å². The van der Waals surface area contributed by atoms with Gasteiger partial charge in [0.1, 0.15) is 11.4 Å². The summed E-state index contributed by atoms with van der Waals surface area (Å²) >= 11 is 0. The van der Waals surface area contributed by atoms with Gasteiger partial charge in [0.25, 0.3) is 5.91 Å². The van der Waals surface area contributed by atoms with E-state index in [1.165, 1.54) is 0 Å². The number of likely N-dealkylation sites (tertiary alicyclic amines) is 1. The second-order valence-corrected chi connectivity index (χ2v) is 7.65. The minimum atomic E-state index is -0.155. The van der Waals surface area contributed by atoms with Crippen LogP contribution in [0, 0.1) is 20.8 Å². The first kappa shape index (κ1) is 19.2. The molecule has 1 atom stereocenters. The summed E-state index contributed by atoms with van der Waals surface area (Å²) < 4.78 is 7.06. The summed E-state index contributed by atoms with van der Waals surface area (Å²) in [5, 5.41) is 7.06. The number of fused-ring (bicyclic) bond motifs is 1. The van der Waals surface area contributed by atoms with Crippen molar-refractivity contribution < 1.29 is 14.1 Å². The Bertz CT molecular complexity index is 1050. The van der Waals surface area contributed by atoms with Gasteiger partial charge in [0.2, 0.25) is 5.91 Å². The summed E-state index contributed by atoms with van der Waals surface area (Å²) in [7, 11) is 0. The van der Waals surface area contributed by atoms with Gasteiger partial charge in [-0.05, 0) is 45.7 Å². The van der Waals surface area contributed by atoms with Crippen molar-refractivity contribution in [1.82, 2.24) is 24.8 Å². The summed E-state index contributed by atoms with van der Waals surface area (Å²) in [5.74, 6) is 0.679. The Morgan fingerprint density at radius 3 is 2.90 bits per heavy atom. The molecule has 0 bridgehead atoms. The first-order valence-electron chi connectivity index (χ1n) is 9.87. The van der Waals surface area contributed by atoms with E-state index in [-0.39, 0.29) is 17.9 Å². The van der Waals surface area contributed by atoms with Crippen LogP contribution in [0.1, 0.15) is 52.3 Å². The van der Waals surface area contributed by atoms with Gasteiger partial charge in [-0.15, -0.1) is 0 Å². The second-order valence-electron chi connectivity index (χ2n) is 7.65. The molecule has 1 saturated heterocycles. The monoisotopic (exact) mass is 395 g/mol. The van der Waals surface area contributed by atoms with Crippen LogP contribution in [0.5, 0.6) is 0 Å². The van der Waals surface area contributed by atoms with Gasteiger partial charge in [-0.25, -0.2) is 4.98 Å². The number of carbonyl (C=O) groups is 2. The number of aryl methyl sites for hydroxylation is 3. The van der Waals surface area contributed by atoms with Crippen molar-refractivity contribution in [1.29, 1.82) is 0 Å². The number of hydrogen-bond donors (Lipinski definition) is 1. The highest BCUT2D eigenvalue weighted by Crippen LogP contribution is 2.20. The highest BCUT2D eigenvalue weighted by atomic mass is 16.5. The van der Waals surface area contributed by atoms with Crippen LogP contribution in [0.4, 0.5) is 0 Å². The molecule has 3 aromatic rings. The Labute approximate surface area is 168 Å². The Balaban J connectivity index is 1.44. The lowest BCUT2D eigenvalue weighted by Gasteiger charge is -2.21. The SMILES string of the molecule is Cc1cn2cccc(C(=O)NC3CCC(=O)N(Cc4c(C)noc4C)CC3)c2n1. The number of rotatable bonds is 4. The van der Waals surface area contributed by atoms with Crippen molar-refractivity contribution in [2.24, 2.45) is 0 Å². The second kappa shape index (κ2) is 7.69. The van der Waals surface area contributed by atoms with E-state index < -0.39 is 0 Å². The van der Waals surface area contributed by atoms with Crippen LogP contribution in [0.2, 0.25) is 0 Å². The molecule has 1 fully saturated rings. The number of aromatic nitrogens is 3. The predicted octanol–water partition coefficient (Wildman–Crippen LogP) is 2.56. The number of hydrogen-bond acceptors (Lipinski definition) is 5. The molecule has 29 heavy (non-hydrogen) atoms. The van der Waals surface area contributed by atoms with Crippen molar-refractivity contribution in [3.63, 3.8) is 0 Å². The number of amides is 2. The third-order valence-corrected chi connectivity index (χ3v) is 5.52. The van der Waals surface area contributed by atoms with Crippen molar-refractivity contribution in [2.45, 2.75) is 52.6 Å². The maximum atomic E-state index is 12.9. The molecule has 1 aliphatic heterocycles. The molecule has 3 aromatic heterocycles. The largest absolute Gasteiger partial charge is 0.361 e. The molecule has 1 N–H and O–H groups in total. The van der Waals surface area contributed by atoms with Crippen molar-refractivity contribution in [3.8, 4) is 0 Å². The van der Waals surface area contributed by atoms with Gasteiger partial charge in [0.05, 0.1) is 23.5 Å². The zero-order valence-corrected chi connectivity index (χ0v) is 16.9. The van der Waals surface area contributed by atoms with E-state index in [4.69, 9.17) is 4.52 Å². The van der Waals surface area contributed by atoms with Gasteiger partial charge in [-0.1, -0.05) is 5.16 Å². The van der Waals surface area contributed by atoms with Gasteiger partial charge in [-0.3, -0.25) is 9.59 Å². The van der Waals surface area contributed by atoms with E-state index in [0.29, 0.717) is 43.6 Å². The van der Waals surface area contributed by atoms with Crippen LogP contribution >= 0.6 is 0 Å². The van der Waals surface area contributed by atoms with Crippen LogP contribution in [0.25, 0.3) is 5.65 Å². The maximum Gasteiger partial charge on any atom is 0.255 e. The van der Waals surface area contributed by atoms with Gasteiger partial charge in [0.15, 0.2) is 0 Å². The Morgan fingerprint density at radius 2 is 2.14 bits per heavy atom. The standard InChI is InChI=1S/C21H25N5O3/c1-13-11-26-9-4-5-17(20(26)22-13)21(28)23-16-6-7-19(27)25(10-8-16)12-18-14(2)24-29-15(18)3/h4-5,9,11,16H,6-8,10,12H2,1-3H3,(H,23,28). The van der Waals surface area contributed by atoms with Crippen molar-refractivity contribution in [3.05, 3.63) is 52.8 Å². The molecular formula is C21H25N5O3. The Morgan fingerprint density at radius 1 is 1.31 bits per heavy atom. The number of pyridine rings is 1. The summed E-state index contributed by atoms with van der Waals surface area (Å²) in [6.07, 6.45) is 5.50. The molecule has 2 amide bonds. The minimum Gasteiger partial charge on any atom is -0.361 e. The van der Waals surface area contributed by atoms with Crippen molar-refractivity contribution in [2.75, 3.05) is 6.54 Å².